The van der Waals surface area contributed by atoms with E-state index in [0.29, 0.717) is 5.56 Å². The van der Waals surface area contributed by atoms with Crippen LogP contribution in [0.3, 0.4) is 0 Å². The number of rotatable bonds is 1. The normalized spacial score (nSPS) is 21.5. The van der Waals surface area contributed by atoms with E-state index in [0.717, 1.165) is 24.4 Å². The molecule has 1 aromatic carbocycles. The summed E-state index contributed by atoms with van der Waals surface area (Å²) in [6.07, 6.45) is 0. The lowest BCUT2D eigenvalue weighted by Gasteiger charge is -2.10. The van der Waals surface area contributed by atoms with Crippen molar-refractivity contribution in [1.29, 1.82) is 0 Å². The fourth-order valence-corrected chi connectivity index (χ4v) is 2.40. The highest BCUT2D eigenvalue weighted by molar-refractivity contribution is 7.99. The molecule has 1 N–H and O–H groups in total. The minimum Gasteiger partial charge on any atom is -0.301 e. The average molecular weight is 219 g/mol. The molecule has 5 heteroatoms. The topological polar surface area (TPSA) is 12.0 Å². The van der Waals surface area contributed by atoms with Crippen LogP contribution in [0, 0.1) is 17.5 Å². The number of hydrogen-bond acceptors (Lipinski definition) is 2. The molecule has 14 heavy (non-hydrogen) atoms. The summed E-state index contributed by atoms with van der Waals surface area (Å²) in [6, 6.07) is 2.07. The number of hydrogen-bond donors (Lipinski definition) is 1. The zero-order valence-electron chi connectivity index (χ0n) is 7.19. The van der Waals surface area contributed by atoms with Crippen molar-refractivity contribution in [1.82, 2.24) is 5.32 Å². The van der Waals surface area contributed by atoms with Crippen molar-refractivity contribution in [2.45, 2.75) is 5.37 Å². The third-order valence-electron chi connectivity index (χ3n) is 2.03. The lowest BCUT2D eigenvalue weighted by molar-refractivity contribution is 0.444. The zero-order chi connectivity index (χ0) is 10.1. The van der Waals surface area contributed by atoms with Gasteiger partial charge in [-0.2, -0.15) is 0 Å². The Bertz CT molecular complexity index is 327. The minimum absolute atomic E-state index is 0.125. The van der Waals surface area contributed by atoms with Gasteiger partial charge >= 0.3 is 0 Å². The fourth-order valence-electron chi connectivity index (χ4n) is 1.37. The van der Waals surface area contributed by atoms with Crippen LogP contribution in [0.2, 0.25) is 0 Å². The largest absolute Gasteiger partial charge is 0.301 e. The van der Waals surface area contributed by atoms with Crippen LogP contribution in [0.4, 0.5) is 13.2 Å². The molecular formula is C9H8F3NS. The van der Waals surface area contributed by atoms with Crippen molar-refractivity contribution in [3.8, 4) is 0 Å². The van der Waals surface area contributed by atoms with Gasteiger partial charge in [0, 0.05) is 12.3 Å². The monoisotopic (exact) mass is 219 g/mol. The van der Waals surface area contributed by atoms with E-state index in [-0.39, 0.29) is 5.37 Å². The third kappa shape index (κ3) is 1.74. The van der Waals surface area contributed by atoms with Crippen LogP contribution in [0.15, 0.2) is 12.1 Å². The van der Waals surface area contributed by atoms with E-state index in [1.807, 2.05) is 0 Å². The van der Waals surface area contributed by atoms with Crippen LogP contribution in [0.5, 0.6) is 0 Å². The Kier molecular flexibility index (Phi) is 2.69. The molecule has 0 aliphatic carbocycles. The summed E-state index contributed by atoms with van der Waals surface area (Å²) in [6.45, 7) is 0.802. The molecule has 1 nitrogen and oxygen atoms in total. The second kappa shape index (κ2) is 3.82. The molecule has 0 amide bonds. The van der Waals surface area contributed by atoms with Crippen LogP contribution >= 0.6 is 11.8 Å². The maximum Gasteiger partial charge on any atom is 0.194 e. The van der Waals surface area contributed by atoms with E-state index in [9.17, 15) is 13.2 Å². The first-order valence-corrected chi connectivity index (χ1v) is 5.23. The van der Waals surface area contributed by atoms with Crippen molar-refractivity contribution in [3.63, 3.8) is 0 Å². The van der Waals surface area contributed by atoms with Crippen molar-refractivity contribution in [2.75, 3.05) is 12.3 Å². The molecule has 1 aliphatic heterocycles. The standard InChI is InChI=1S/C9H8F3NS/c10-6-3-5(4-7(11)8(6)12)9-13-1-2-14-9/h3-4,9,13H,1-2H2. The number of benzene rings is 1. The lowest BCUT2D eigenvalue weighted by atomic mass is 10.2. The highest BCUT2D eigenvalue weighted by Gasteiger charge is 2.20. The molecule has 1 heterocycles. The van der Waals surface area contributed by atoms with Gasteiger partial charge in [-0.1, -0.05) is 0 Å². The Morgan fingerprint density at radius 3 is 2.36 bits per heavy atom. The van der Waals surface area contributed by atoms with Gasteiger partial charge in [-0.05, 0) is 17.7 Å². The van der Waals surface area contributed by atoms with Crippen LogP contribution < -0.4 is 5.32 Å². The molecule has 1 saturated heterocycles. The molecule has 1 aromatic rings. The van der Waals surface area contributed by atoms with Gasteiger partial charge in [-0.25, -0.2) is 13.2 Å². The summed E-state index contributed by atoms with van der Waals surface area (Å²) in [5, 5.41) is 2.93. The lowest BCUT2D eigenvalue weighted by Crippen LogP contribution is -2.12. The second-order valence-electron chi connectivity index (χ2n) is 3.00. The first-order valence-electron chi connectivity index (χ1n) is 4.18. The molecular weight excluding hydrogens is 211 g/mol. The number of thioether (sulfide) groups is 1. The van der Waals surface area contributed by atoms with Gasteiger partial charge < -0.3 is 5.32 Å². The summed E-state index contributed by atoms with van der Waals surface area (Å²) in [5.41, 5.74) is 0.448. The van der Waals surface area contributed by atoms with E-state index in [1.54, 1.807) is 11.8 Å². The molecule has 0 saturated carbocycles. The van der Waals surface area contributed by atoms with E-state index >= 15 is 0 Å². The van der Waals surface area contributed by atoms with Crippen molar-refractivity contribution in [3.05, 3.63) is 35.1 Å². The summed E-state index contributed by atoms with van der Waals surface area (Å²) in [4.78, 5) is 0. The van der Waals surface area contributed by atoms with Gasteiger partial charge in [0.1, 0.15) is 0 Å². The van der Waals surface area contributed by atoms with Crippen LogP contribution in [-0.4, -0.2) is 12.3 Å². The first-order chi connectivity index (χ1) is 6.68. The molecule has 1 fully saturated rings. The van der Waals surface area contributed by atoms with Crippen LogP contribution in [0.1, 0.15) is 10.9 Å². The summed E-state index contributed by atoms with van der Waals surface area (Å²) in [5.74, 6) is -2.77. The minimum atomic E-state index is -1.41. The molecule has 2 rings (SSSR count). The molecule has 1 unspecified atom stereocenters. The Morgan fingerprint density at radius 1 is 1.21 bits per heavy atom. The van der Waals surface area contributed by atoms with Crippen molar-refractivity contribution < 1.29 is 13.2 Å². The molecule has 76 valence electrons. The quantitative estimate of drug-likeness (QED) is 0.728. The molecule has 1 atom stereocenters. The van der Waals surface area contributed by atoms with E-state index in [2.05, 4.69) is 5.32 Å². The van der Waals surface area contributed by atoms with Crippen LogP contribution in [-0.2, 0) is 0 Å². The van der Waals surface area contributed by atoms with E-state index in [4.69, 9.17) is 0 Å². The number of nitrogens with one attached hydrogen (secondary N) is 1. The van der Waals surface area contributed by atoms with Crippen LogP contribution in [0.25, 0.3) is 0 Å². The Hall–Kier alpha value is -0.680. The predicted octanol–water partition coefficient (Wildman–Crippen LogP) is 2.44. The Morgan fingerprint density at radius 2 is 1.86 bits per heavy atom. The summed E-state index contributed by atoms with van der Waals surface area (Å²) >= 11 is 1.55. The second-order valence-corrected chi connectivity index (χ2v) is 4.22. The highest BCUT2D eigenvalue weighted by Crippen LogP contribution is 2.31. The molecule has 0 spiro atoms. The average Bonchev–Trinajstić information content (AvgIpc) is 2.66. The maximum atomic E-state index is 12.8. The van der Waals surface area contributed by atoms with Gasteiger partial charge in [-0.15, -0.1) is 11.8 Å². The third-order valence-corrected chi connectivity index (χ3v) is 3.24. The SMILES string of the molecule is Fc1cc(C2NCCS2)cc(F)c1F. The Balaban J connectivity index is 2.34. The van der Waals surface area contributed by atoms with Gasteiger partial charge in [0.15, 0.2) is 17.5 Å². The maximum absolute atomic E-state index is 12.8. The summed E-state index contributed by atoms with van der Waals surface area (Å²) < 4.78 is 38.3. The molecule has 0 bridgehead atoms. The number of halogens is 3. The highest BCUT2D eigenvalue weighted by atomic mass is 32.2. The van der Waals surface area contributed by atoms with Crippen molar-refractivity contribution in [2.24, 2.45) is 0 Å². The smallest absolute Gasteiger partial charge is 0.194 e. The van der Waals surface area contributed by atoms with Gasteiger partial charge in [0.25, 0.3) is 0 Å². The summed E-state index contributed by atoms with van der Waals surface area (Å²) in [7, 11) is 0. The van der Waals surface area contributed by atoms with E-state index in [1.165, 1.54) is 0 Å². The van der Waals surface area contributed by atoms with E-state index < -0.39 is 17.5 Å². The fraction of sp³-hybridized carbons (Fsp3) is 0.333. The molecule has 0 radical (unpaired) electrons. The van der Waals surface area contributed by atoms with Crippen molar-refractivity contribution >= 4 is 11.8 Å². The zero-order valence-corrected chi connectivity index (χ0v) is 8.00. The Labute approximate surface area is 83.7 Å². The van der Waals surface area contributed by atoms with Gasteiger partial charge in [-0.3, -0.25) is 0 Å². The molecule has 1 aliphatic rings. The van der Waals surface area contributed by atoms with Gasteiger partial charge in [0.05, 0.1) is 5.37 Å². The first kappa shape index (κ1) is 9.86. The molecule has 0 aromatic heterocycles. The van der Waals surface area contributed by atoms with Gasteiger partial charge in [0.2, 0.25) is 0 Å². The predicted molar refractivity (Wildman–Crippen MR) is 49.5 cm³/mol.